The van der Waals surface area contributed by atoms with Gasteiger partial charge in [-0.2, -0.15) is 13.2 Å². The van der Waals surface area contributed by atoms with Gasteiger partial charge in [0, 0.05) is 12.3 Å². The van der Waals surface area contributed by atoms with Crippen molar-refractivity contribution in [3.8, 4) is 29.2 Å². The number of hydrogen-bond acceptors (Lipinski definition) is 2. The van der Waals surface area contributed by atoms with Crippen LogP contribution in [-0.4, -0.2) is 11.1 Å². The molecular weight excluding hydrogens is 417 g/mol. The maximum absolute atomic E-state index is 12.8. The van der Waals surface area contributed by atoms with Crippen LogP contribution in [-0.2, 0) is 17.6 Å². The zero-order valence-electron chi connectivity index (χ0n) is 17.1. The average molecular weight is 438 g/mol. The first-order valence-corrected chi connectivity index (χ1v) is 9.91. The fourth-order valence-corrected chi connectivity index (χ4v) is 3.36. The number of alkyl halides is 3. The number of ether oxygens (including phenoxy) is 1. The molecule has 0 fully saturated rings. The molecule has 32 heavy (non-hydrogen) atoms. The molecule has 164 valence electrons. The number of halogens is 3. The van der Waals surface area contributed by atoms with Crippen LogP contribution >= 0.6 is 0 Å². The normalized spacial score (nSPS) is 12.1. The lowest BCUT2D eigenvalue weighted by Crippen LogP contribution is -2.06. The van der Waals surface area contributed by atoms with Gasteiger partial charge in [-0.15, -0.1) is 12.3 Å². The number of carboxylic acids is 1. The van der Waals surface area contributed by atoms with E-state index in [1.807, 2.05) is 24.3 Å². The van der Waals surface area contributed by atoms with Crippen LogP contribution < -0.4 is 4.74 Å². The molecule has 3 aromatic rings. The molecule has 0 amide bonds. The van der Waals surface area contributed by atoms with Gasteiger partial charge in [0.25, 0.3) is 0 Å². The monoisotopic (exact) mass is 438 g/mol. The molecule has 0 saturated heterocycles. The van der Waals surface area contributed by atoms with Gasteiger partial charge in [0.15, 0.2) is 0 Å². The Morgan fingerprint density at radius 3 is 2.28 bits per heavy atom. The van der Waals surface area contributed by atoms with Crippen molar-refractivity contribution in [1.82, 2.24) is 0 Å². The van der Waals surface area contributed by atoms with Gasteiger partial charge in [-0.05, 0) is 52.6 Å². The second-order valence-corrected chi connectivity index (χ2v) is 7.34. The van der Waals surface area contributed by atoms with E-state index in [0.29, 0.717) is 17.7 Å². The Morgan fingerprint density at radius 2 is 1.69 bits per heavy atom. The third-order valence-corrected chi connectivity index (χ3v) is 5.01. The number of terminal acetylenes is 1. The van der Waals surface area contributed by atoms with E-state index in [4.69, 9.17) is 16.3 Å². The molecule has 1 atom stereocenters. The molecule has 6 heteroatoms. The van der Waals surface area contributed by atoms with Crippen LogP contribution in [0, 0.1) is 12.3 Å². The van der Waals surface area contributed by atoms with E-state index in [1.54, 1.807) is 24.3 Å². The summed E-state index contributed by atoms with van der Waals surface area (Å²) < 4.78 is 44.1. The SMILES string of the molecule is C#CC[C@@H](CC(=O)O)c1ccc(OCc2cccc(-c3ccc(C(F)(F)F)cc3)c2)cc1. The zero-order valence-corrected chi connectivity index (χ0v) is 17.1. The van der Waals surface area contributed by atoms with Crippen molar-refractivity contribution < 1.29 is 27.8 Å². The fraction of sp³-hybridized carbons (Fsp3) is 0.192. The van der Waals surface area contributed by atoms with Gasteiger partial charge < -0.3 is 9.84 Å². The van der Waals surface area contributed by atoms with Crippen molar-refractivity contribution in [2.75, 3.05) is 0 Å². The predicted molar refractivity (Wildman–Crippen MR) is 116 cm³/mol. The van der Waals surface area contributed by atoms with Gasteiger partial charge >= 0.3 is 12.1 Å². The molecule has 3 aromatic carbocycles. The Kier molecular flexibility index (Phi) is 7.21. The molecule has 3 nitrogen and oxygen atoms in total. The van der Waals surface area contributed by atoms with Gasteiger partial charge in [0.05, 0.1) is 12.0 Å². The Hall–Kier alpha value is -3.72. The standard InChI is InChI=1S/C26H21F3O3/c1-2-4-21(16-25(30)31)20-9-13-24(14-10-20)32-17-18-5-3-6-22(15-18)19-7-11-23(12-8-19)26(27,28)29/h1,3,5-15,21H,4,16-17H2,(H,30,31)/t21-/m0/s1. The molecule has 0 heterocycles. The van der Waals surface area contributed by atoms with Gasteiger partial charge in [-0.25, -0.2) is 0 Å². The molecule has 0 radical (unpaired) electrons. The van der Waals surface area contributed by atoms with Gasteiger partial charge in [0.1, 0.15) is 12.4 Å². The third-order valence-electron chi connectivity index (χ3n) is 5.01. The molecule has 0 saturated carbocycles. The summed E-state index contributed by atoms with van der Waals surface area (Å²) in [7, 11) is 0. The minimum Gasteiger partial charge on any atom is -0.489 e. The Morgan fingerprint density at radius 1 is 1.00 bits per heavy atom. The summed E-state index contributed by atoms with van der Waals surface area (Å²) in [5, 5.41) is 9.05. The first-order chi connectivity index (χ1) is 15.3. The summed E-state index contributed by atoms with van der Waals surface area (Å²) in [4.78, 5) is 11.0. The summed E-state index contributed by atoms with van der Waals surface area (Å²) in [6.45, 7) is 0.275. The number of carbonyl (C=O) groups is 1. The number of rotatable bonds is 8. The van der Waals surface area contributed by atoms with Crippen LogP contribution in [0.15, 0.2) is 72.8 Å². The summed E-state index contributed by atoms with van der Waals surface area (Å²) in [5.41, 5.74) is 2.49. The second-order valence-electron chi connectivity index (χ2n) is 7.34. The summed E-state index contributed by atoms with van der Waals surface area (Å²) in [6.07, 6.45) is 1.28. The summed E-state index contributed by atoms with van der Waals surface area (Å²) in [6, 6.07) is 19.6. The second kappa shape index (κ2) is 10.1. The first kappa shape index (κ1) is 23.0. The molecule has 0 aliphatic rings. The lowest BCUT2D eigenvalue weighted by Gasteiger charge is -2.13. The van der Waals surface area contributed by atoms with Gasteiger partial charge in [-0.1, -0.05) is 42.5 Å². The largest absolute Gasteiger partial charge is 0.489 e. The van der Waals surface area contributed by atoms with Crippen LogP contribution in [0.5, 0.6) is 5.75 Å². The minimum absolute atomic E-state index is 0.0405. The van der Waals surface area contributed by atoms with Crippen LogP contribution in [0.3, 0.4) is 0 Å². The number of carboxylic acid groups (broad SMARTS) is 1. The molecule has 0 aromatic heterocycles. The molecular formula is C26H21F3O3. The maximum Gasteiger partial charge on any atom is 0.416 e. The highest BCUT2D eigenvalue weighted by molar-refractivity contribution is 5.68. The van der Waals surface area contributed by atoms with Gasteiger partial charge in [-0.3, -0.25) is 4.79 Å². The Bertz CT molecular complexity index is 1090. The molecule has 0 aliphatic heterocycles. The van der Waals surface area contributed by atoms with Crippen molar-refractivity contribution in [2.45, 2.75) is 31.5 Å². The lowest BCUT2D eigenvalue weighted by molar-refractivity contribution is -0.138. The quantitative estimate of drug-likeness (QED) is 0.407. The minimum atomic E-state index is -4.36. The van der Waals surface area contributed by atoms with Crippen molar-refractivity contribution in [3.63, 3.8) is 0 Å². The Labute approximate surface area is 184 Å². The van der Waals surface area contributed by atoms with Gasteiger partial charge in [0.2, 0.25) is 0 Å². The van der Waals surface area contributed by atoms with Crippen LogP contribution in [0.1, 0.15) is 35.4 Å². The highest BCUT2D eigenvalue weighted by atomic mass is 19.4. The number of hydrogen-bond donors (Lipinski definition) is 1. The summed E-state index contributed by atoms with van der Waals surface area (Å²) in [5.74, 6) is 1.96. The molecule has 3 rings (SSSR count). The zero-order chi connectivity index (χ0) is 23.1. The van der Waals surface area contributed by atoms with Crippen molar-refractivity contribution in [3.05, 3.63) is 89.5 Å². The molecule has 0 bridgehead atoms. The van der Waals surface area contributed by atoms with E-state index in [-0.39, 0.29) is 18.9 Å². The third kappa shape index (κ3) is 6.14. The van der Waals surface area contributed by atoms with Crippen molar-refractivity contribution in [1.29, 1.82) is 0 Å². The van der Waals surface area contributed by atoms with E-state index >= 15 is 0 Å². The van der Waals surface area contributed by atoms with E-state index in [2.05, 4.69) is 5.92 Å². The van der Waals surface area contributed by atoms with E-state index in [0.717, 1.165) is 28.8 Å². The smallest absolute Gasteiger partial charge is 0.416 e. The number of aliphatic carboxylic acids is 1. The molecule has 0 spiro atoms. The lowest BCUT2D eigenvalue weighted by atomic mass is 9.93. The van der Waals surface area contributed by atoms with Crippen molar-refractivity contribution in [2.24, 2.45) is 0 Å². The first-order valence-electron chi connectivity index (χ1n) is 9.91. The van der Waals surface area contributed by atoms with Crippen LogP contribution in [0.25, 0.3) is 11.1 Å². The number of benzene rings is 3. The predicted octanol–water partition coefficient (Wildman–Crippen LogP) is 6.53. The van der Waals surface area contributed by atoms with Crippen LogP contribution in [0.2, 0.25) is 0 Å². The summed E-state index contributed by atoms with van der Waals surface area (Å²) >= 11 is 0. The molecule has 0 unspecified atom stereocenters. The maximum atomic E-state index is 12.8. The molecule has 0 aliphatic carbocycles. The topological polar surface area (TPSA) is 46.5 Å². The van der Waals surface area contributed by atoms with E-state index < -0.39 is 17.7 Å². The average Bonchev–Trinajstić information content (AvgIpc) is 2.77. The fourth-order valence-electron chi connectivity index (χ4n) is 3.36. The highest BCUT2D eigenvalue weighted by Gasteiger charge is 2.29. The van der Waals surface area contributed by atoms with Crippen molar-refractivity contribution >= 4 is 5.97 Å². The van der Waals surface area contributed by atoms with E-state index in [1.165, 1.54) is 12.1 Å². The van der Waals surface area contributed by atoms with E-state index in [9.17, 15) is 18.0 Å². The Balaban J connectivity index is 1.66. The molecule has 1 N–H and O–H groups in total. The van der Waals surface area contributed by atoms with Crippen LogP contribution in [0.4, 0.5) is 13.2 Å². The highest BCUT2D eigenvalue weighted by Crippen LogP contribution is 2.31.